The number of amides is 1. The van der Waals surface area contributed by atoms with Crippen molar-refractivity contribution in [1.82, 2.24) is 0 Å². The van der Waals surface area contributed by atoms with Gasteiger partial charge in [-0.05, 0) is 48.5 Å². The highest BCUT2D eigenvalue weighted by molar-refractivity contribution is 6.11. The Labute approximate surface area is 149 Å². The normalized spacial score (nSPS) is 10.4. The first kappa shape index (κ1) is 17.4. The van der Waals surface area contributed by atoms with Crippen molar-refractivity contribution in [3.63, 3.8) is 0 Å². The molecule has 0 aromatic heterocycles. The number of benzene rings is 3. The Hall–Kier alpha value is -3.41. The van der Waals surface area contributed by atoms with Crippen molar-refractivity contribution >= 4 is 23.0 Å². The molecule has 26 heavy (non-hydrogen) atoms. The number of carbonyl (C=O) groups is 1. The summed E-state index contributed by atoms with van der Waals surface area (Å²) >= 11 is 0. The third-order valence-corrected chi connectivity index (χ3v) is 3.86. The standard InChI is InChI=1S/C20H16F2N2O2/c1-26-19-10-8-15(12-18(19)23)24(14-5-3-2-4-6-14)20(25)13-7-9-16(21)17(22)11-13/h2-12H,23H2,1H3. The zero-order valence-corrected chi connectivity index (χ0v) is 13.9. The van der Waals surface area contributed by atoms with E-state index in [1.54, 1.807) is 42.5 Å². The first-order chi connectivity index (χ1) is 12.5. The van der Waals surface area contributed by atoms with Gasteiger partial charge >= 0.3 is 0 Å². The number of hydrogen-bond acceptors (Lipinski definition) is 3. The smallest absolute Gasteiger partial charge is 0.262 e. The maximum absolute atomic E-state index is 13.6. The van der Waals surface area contributed by atoms with E-state index in [2.05, 4.69) is 0 Å². The quantitative estimate of drug-likeness (QED) is 0.700. The van der Waals surface area contributed by atoms with Crippen LogP contribution in [0.2, 0.25) is 0 Å². The van der Waals surface area contributed by atoms with Crippen molar-refractivity contribution in [2.24, 2.45) is 0 Å². The summed E-state index contributed by atoms with van der Waals surface area (Å²) in [6.45, 7) is 0. The van der Waals surface area contributed by atoms with Gasteiger partial charge in [-0.2, -0.15) is 0 Å². The van der Waals surface area contributed by atoms with Crippen molar-refractivity contribution in [1.29, 1.82) is 0 Å². The van der Waals surface area contributed by atoms with E-state index in [0.717, 1.165) is 12.1 Å². The number of anilines is 3. The van der Waals surface area contributed by atoms with Gasteiger partial charge < -0.3 is 10.5 Å². The van der Waals surface area contributed by atoms with E-state index in [0.29, 0.717) is 22.8 Å². The van der Waals surface area contributed by atoms with E-state index in [1.807, 2.05) is 6.07 Å². The maximum atomic E-state index is 13.6. The minimum Gasteiger partial charge on any atom is -0.495 e. The number of methoxy groups -OCH3 is 1. The monoisotopic (exact) mass is 354 g/mol. The van der Waals surface area contributed by atoms with E-state index in [9.17, 15) is 13.6 Å². The average Bonchev–Trinajstić information content (AvgIpc) is 2.65. The van der Waals surface area contributed by atoms with E-state index in [1.165, 1.54) is 18.1 Å². The Morgan fingerprint density at radius 3 is 2.27 bits per heavy atom. The van der Waals surface area contributed by atoms with Gasteiger partial charge in [0.05, 0.1) is 18.5 Å². The van der Waals surface area contributed by atoms with E-state index >= 15 is 0 Å². The molecule has 3 aromatic carbocycles. The molecule has 3 aromatic rings. The summed E-state index contributed by atoms with van der Waals surface area (Å²) in [5.74, 6) is -2.14. The summed E-state index contributed by atoms with van der Waals surface area (Å²) in [5.41, 5.74) is 7.36. The molecule has 0 saturated heterocycles. The van der Waals surface area contributed by atoms with Crippen LogP contribution in [0.3, 0.4) is 0 Å². The second kappa shape index (κ2) is 7.23. The zero-order valence-electron chi connectivity index (χ0n) is 13.9. The van der Waals surface area contributed by atoms with E-state index < -0.39 is 17.5 Å². The number of carbonyl (C=O) groups excluding carboxylic acids is 1. The molecule has 0 spiro atoms. The van der Waals surface area contributed by atoms with Gasteiger partial charge in [-0.15, -0.1) is 0 Å². The van der Waals surface area contributed by atoms with Crippen LogP contribution in [-0.2, 0) is 0 Å². The molecule has 0 fully saturated rings. The third-order valence-electron chi connectivity index (χ3n) is 3.86. The number of hydrogen-bond donors (Lipinski definition) is 1. The van der Waals surface area contributed by atoms with E-state index in [4.69, 9.17) is 10.5 Å². The molecule has 0 bridgehead atoms. The van der Waals surface area contributed by atoms with Crippen LogP contribution in [0, 0.1) is 11.6 Å². The summed E-state index contributed by atoms with van der Waals surface area (Å²) in [5, 5.41) is 0. The molecule has 0 atom stereocenters. The Bertz CT molecular complexity index is 946. The Morgan fingerprint density at radius 1 is 0.923 bits per heavy atom. The van der Waals surface area contributed by atoms with Crippen LogP contribution in [0.15, 0.2) is 66.7 Å². The third kappa shape index (κ3) is 3.35. The van der Waals surface area contributed by atoms with Crippen molar-refractivity contribution in [2.45, 2.75) is 0 Å². The van der Waals surface area contributed by atoms with Crippen LogP contribution in [0.1, 0.15) is 10.4 Å². The van der Waals surface area contributed by atoms with Gasteiger partial charge in [-0.1, -0.05) is 18.2 Å². The average molecular weight is 354 g/mol. The highest BCUT2D eigenvalue weighted by Crippen LogP contribution is 2.32. The van der Waals surface area contributed by atoms with Crippen LogP contribution >= 0.6 is 0 Å². The number of halogens is 2. The Balaban J connectivity index is 2.11. The number of ether oxygens (including phenoxy) is 1. The van der Waals surface area contributed by atoms with E-state index in [-0.39, 0.29) is 5.56 Å². The van der Waals surface area contributed by atoms with Crippen LogP contribution in [0.25, 0.3) is 0 Å². The van der Waals surface area contributed by atoms with Crippen LogP contribution < -0.4 is 15.4 Å². The first-order valence-electron chi connectivity index (χ1n) is 7.79. The number of nitrogen functional groups attached to an aromatic ring is 1. The molecule has 0 heterocycles. The van der Waals surface area contributed by atoms with Crippen LogP contribution in [0.4, 0.5) is 25.8 Å². The predicted octanol–water partition coefficient (Wildman–Crippen LogP) is 4.53. The summed E-state index contributed by atoms with van der Waals surface area (Å²) in [4.78, 5) is 14.4. The molecule has 0 unspecified atom stereocenters. The molecule has 0 aliphatic carbocycles. The van der Waals surface area contributed by atoms with Gasteiger partial charge in [-0.3, -0.25) is 9.69 Å². The molecular weight excluding hydrogens is 338 g/mol. The van der Waals surface area contributed by atoms with Gasteiger partial charge in [0.15, 0.2) is 11.6 Å². The summed E-state index contributed by atoms with van der Waals surface area (Å²) in [6, 6.07) is 16.8. The SMILES string of the molecule is COc1ccc(N(C(=O)c2ccc(F)c(F)c2)c2ccccc2)cc1N. The number of rotatable bonds is 4. The van der Waals surface area contributed by atoms with Gasteiger partial charge in [0.2, 0.25) is 0 Å². The minimum absolute atomic E-state index is 0.0159. The summed E-state index contributed by atoms with van der Waals surface area (Å²) in [7, 11) is 1.49. The fourth-order valence-corrected chi connectivity index (χ4v) is 2.58. The lowest BCUT2D eigenvalue weighted by Gasteiger charge is -2.24. The Kier molecular flexibility index (Phi) is 4.84. The highest BCUT2D eigenvalue weighted by Gasteiger charge is 2.21. The second-order valence-corrected chi connectivity index (χ2v) is 5.53. The lowest BCUT2D eigenvalue weighted by atomic mass is 10.1. The first-order valence-corrected chi connectivity index (χ1v) is 7.79. The van der Waals surface area contributed by atoms with Crippen molar-refractivity contribution in [3.05, 3.63) is 83.9 Å². The molecule has 2 N–H and O–H groups in total. The van der Waals surface area contributed by atoms with Crippen molar-refractivity contribution in [3.8, 4) is 5.75 Å². The molecule has 0 saturated carbocycles. The molecule has 1 amide bonds. The summed E-state index contributed by atoms with van der Waals surface area (Å²) < 4.78 is 31.9. The molecule has 3 rings (SSSR count). The van der Waals surface area contributed by atoms with Gasteiger partial charge in [-0.25, -0.2) is 8.78 Å². The fraction of sp³-hybridized carbons (Fsp3) is 0.0500. The molecule has 0 aliphatic rings. The van der Waals surface area contributed by atoms with Crippen LogP contribution in [-0.4, -0.2) is 13.0 Å². The second-order valence-electron chi connectivity index (χ2n) is 5.53. The number of para-hydroxylation sites is 1. The largest absolute Gasteiger partial charge is 0.495 e. The number of nitrogens with zero attached hydrogens (tertiary/aromatic N) is 1. The molecular formula is C20H16F2N2O2. The molecule has 0 aliphatic heterocycles. The summed E-state index contributed by atoms with van der Waals surface area (Å²) in [6.07, 6.45) is 0. The Morgan fingerprint density at radius 2 is 1.65 bits per heavy atom. The maximum Gasteiger partial charge on any atom is 0.262 e. The van der Waals surface area contributed by atoms with Crippen molar-refractivity contribution in [2.75, 3.05) is 17.7 Å². The lowest BCUT2D eigenvalue weighted by Crippen LogP contribution is -2.26. The molecule has 132 valence electrons. The fourth-order valence-electron chi connectivity index (χ4n) is 2.58. The zero-order chi connectivity index (χ0) is 18.7. The highest BCUT2D eigenvalue weighted by atomic mass is 19.2. The number of nitrogens with two attached hydrogens (primary N) is 1. The van der Waals surface area contributed by atoms with Crippen molar-refractivity contribution < 1.29 is 18.3 Å². The van der Waals surface area contributed by atoms with Gasteiger partial charge in [0.1, 0.15) is 5.75 Å². The van der Waals surface area contributed by atoms with Gasteiger partial charge in [0.25, 0.3) is 5.91 Å². The molecule has 6 heteroatoms. The molecule has 0 radical (unpaired) electrons. The topological polar surface area (TPSA) is 55.6 Å². The van der Waals surface area contributed by atoms with Crippen LogP contribution in [0.5, 0.6) is 5.75 Å². The minimum atomic E-state index is -1.09. The lowest BCUT2D eigenvalue weighted by molar-refractivity contribution is 0.0998. The predicted molar refractivity (Wildman–Crippen MR) is 96.7 cm³/mol. The molecule has 4 nitrogen and oxygen atoms in total. The van der Waals surface area contributed by atoms with Gasteiger partial charge in [0, 0.05) is 11.3 Å².